The van der Waals surface area contributed by atoms with Gasteiger partial charge in [-0.2, -0.15) is 0 Å². The minimum absolute atomic E-state index is 0.205. The molecular weight excluding hydrogens is 214 g/mol. The molecule has 0 fully saturated rings. The summed E-state index contributed by atoms with van der Waals surface area (Å²) in [7, 11) is 0. The van der Waals surface area contributed by atoms with Crippen molar-refractivity contribution in [3.05, 3.63) is 46.8 Å². The van der Waals surface area contributed by atoms with E-state index in [0.717, 1.165) is 16.3 Å². The van der Waals surface area contributed by atoms with Crippen molar-refractivity contribution in [2.45, 2.75) is 0 Å². The summed E-state index contributed by atoms with van der Waals surface area (Å²) in [6, 6.07) is 11.2. The summed E-state index contributed by atoms with van der Waals surface area (Å²) in [5.74, 6) is 0. The first-order chi connectivity index (χ1) is 8.18. The Morgan fingerprint density at radius 2 is 1.71 bits per heavy atom. The number of aromatic nitrogens is 1. The predicted octanol–water partition coefficient (Wildman–Crippen LogP) is 1.85. The van der Waals surface area contributed by atoms with Crippen LogP contribution in [-0.4, -0.2) is 4.98 Å². The fraction of sp³-hybridized carbons (Fsp3) is 0. The van der Waals surface area contributed by atoms with Gasteiger partial charge in [0.25, 0.3) is 5.56 Å². The van der Waals surface area contributed by atoms with Crippen molar-refractivity contribution in [1.82, 2.24) is 4.98 Å². The average molecular weight is 225 g/mol. The molecule has 0 amide bonds. The van der Waals surface area contributed by atoms with Crippen LogP contribution in [-0.2, 0) is 0 Å². The summed E-state index contributed by atoms with van der Waals surface area (Å²) >= 11 is 0. The molecule has 0 unspecified atom stereocenters. The molecule has 17 heavy (non-hydrogen) atoms. The van der Waals surface area contributed by atoms with Gasteiger partial charge in [0.2, 0.25) is 0 Å². The molecule has 0 radical (unpaired) electrons. The van der Waals surface area contributed by atoms with E-state index in [1.165, 1.54) is 0 Å². The molecule has 0 spiro atoms. The van der Waals surface area contributed by atoms with E-state index >= 15 is 0 Å². The van der Waals surface area contributed by atoms with Crippen LogP contribution in [0.1, 0.15) is 0 Å². The normalized spacial score (nSPS) is 11.1. The van der Waals surface area contributed by atoms with E-state index in [-0.39, 0.29) is 5.56 Å². The third kappa shape index (κ3) is 1.27. The highest BCUT2D eigenvalue weighted by Crippen LogP contribution is 2.28. The van der Waals surface area contributed by atoms with Crippen molar-refractivity contribution in [3.63, 3.8) is 0 Å². The van der Waals surface area contributed by atoms with Crippen LogP contribution in [0.25, 0.3) is 21.7 Å². The Balaban J connectivity index is 2.68. The van der Waals surface area contributed by atoms with Crippen molar-refractivity contribution in [2.24, 2.45) is 0 Å². The van der Waals surface area contributed by atoms with Crippen LogP contribution in [0.15, 0.2) is 41.2 Å². The van der Waals surface area contributed by atoms with Gasteiger partial charge in [-0.25, -0.2) is 0 Å². The lowest BCUT2D eigenvalue weighted by Crippen LogP contribution is -2.10. The Morgan fingerprint density at radius 1 is 0.941 bits per heavy atom. The van der Waals surface area contributed by atoms with Crippen molar-refractivity contribution in [1.29, 1.82) is 0 Å². The Hall–Kier alpha value is -2.49. The summed E-state index contributed by atoms with van der Waals surface area (Å²) in [5.41, 5.74) is 13.0. The quantitative estimate of drug-likeness (QED) is 0.403. The van der Waals surface area contributed by atoms with Gasteiger partial charge in [0.05, 0.1) is 16.8 Å². The third-order valence-corrected chi connectivity index (χ3v) is 2.97. The minimum Gasteiger partial charge on any atom is -0.397 e. The summed E-state index contributed by atoms with van der Waals surface area (Å²) in [4.78, 5) is 14.8. The highest BCUT2D eigenvalue weighted by Gasteiger charge is 2.09. The molecule has 0 aliphatic heterocycles. The number of pyridine rings is 1. The number of H-pyrrole nitrogens is 1. The van der Waals surface area contributed by atoms with Crippen LogP contribution in [0, 0.1) is 0 Å². The molecule has 5 N–H and O–H groups in total. The van der Waals surface area contributed by atoms with E-state index in [9.17, 15) is 4.79 Å². The number of hydrogen-bond donors (Lipinski definition) is 3. The zero-order chi connectivity index (χ0) is 12.0. The number of nitrogens with one attached hydrogen (secondary N) is 1. The zero-order valence-electron chi connectivity index (χ0n) is 9.03. The van der Waals surface area contributed by atoms with Crippen molar-refractivity contribution in [3.8, 4) is 0 Å². The van der Waals surface area contributed by atoms with E-state index in [2.05, 4.69) is 4.98 Å². The molecule has 0 aliphatic carbocycles. The highest BCUT2D eigenvalue weighted by molar-refractivity contribution is 6.11. The molecule has 3 aromatic rings. The zero-order valence-corrected chi connectivity index (χ0v) is 9.03. The topological polar surface area (TPSA) is 84.9 Å². The fourth-order valence-electron chi connectivity index (χ4n) is 2.12. The van der Waals surface area contributed by atoms with E-state index in [0.29, 0.717) is 16.8 Å². The monoisotopic (exact) mass is 225 g/mol. The van der Waals surface area contributed by atoms with Crippen molar-refractivity contribution >= 4 is 33.1 Å². The number of nitrogen functional groups attached to an aromatic ring is 2. The van der Waals surface area contributed by atoms with E-state index in [1.807, 2.05) is 30.3 Å². The maximum atomic E-state index is 12.0. The molecule has 3 rings (SSSR count). The van der Waals surface area contributed by atoms with Gasteiger partial charge >= 0.3 is 0 Å². The lowest BCUT2D eigenvalue weighted by atomic mass is 10.0. The Bertz CT molecular complexity index is 790. The lowest BCUT2D eigenvalue weighted by molar-refractivity contribution is 1.34. The van der Waals surface area contributed by atoms with Crippen molar-refractivity contribution in [2.75, 3.05) is 11.5 Å². The molecule has 0 bridgehead atoms. The first-order valence-corrected chi connectivity index (χ1v) is 5.27. The predicted molar refractivity (Wildman–Crippen MR) is 70.9 cm³/mol. The number of fused-ring (bicyclic) bond motifs is 3. The highest BCUT2D eigenvalue weighted by atomic mass is 16.1. The van der Waals surface area contributed by atoms with E-state index in [4.69, 9.17) is 11.5 Å². The standard InChI is InChI=1S/C13H11N3O/c14-9-6-5-8-7-3-1-2-4-10(7)16-13(17)11(8)12(9)15/h1-6H,14-15H2,(H,16,17). The third-order valence-electron chi connectivity index (χ3n) is 2.97. The molecule has 1 aromatic heterocycles. The first-order valence-electron chi connectivity index (χ1n) is 5.27. The molecular formula is C13H11N3O. The SMILES string of the molecule is Nc1ccc2c(c1N)c(=O)[nH]c1ccccc12. The van der Waals surface area contributed by atoms with Gasteiger partial charge in [0.1, 0.15) is 0 Å². The Morgan fingerprint density at radius 3 is 2.53 bits per heavy atom. The van der Waals surface area contributed by atoms with Gasteiger partial charge in [-0.3, -0.25) is 4.79 Å². The van der Waals surface area contributed by atoms with Crippen molar-refractivity contribution < 1.29 is 0 Å². The van der Waals surface area contributed by atoms with Gasteiger partial charge in [-0.15, -0.1) is 0 Å². The molecule has 0 atom stereocenters. The Labute approximate surface area is 96.9 Å². The maximum absolute atomic E-state index is 12.0. The molecule has 0 saturated carbocycles. The molecule has 0 saturated heterocycles. The molecule has 2 aromatic carbocycles. The molecule has 84 valence electrons. The first kappa shape index (κ1) is 9.72. The van der Waals surface area contributed by atoms with Gasteiger partial charge in [-0.05, 0) is 17.5 Å². The van der Waals surface area contributed by atoms with E-state index < -0.39 is 0 Å². The van der Waals surface area contributed by atoms with E-state index in [1.54, 1.807) is 6.07 Å². The largest absolute Gasteiger partial charge is 0.397 e. The fourth-order valence-corrected chi connectivity index (χ4v) is 2.12. The van der Waals surface area contributed by atoms with Gasteiger partial charge in [0, 0.05) is 10.9 Å². The van der Waals surface area contributed by atoms with Crippen LogP contribution < -0.4 is 17.0 Å². The molecule has 1 heterocycles. The second-order valence-corrected chi connectivity index (χ2v) is 3.99. The summed E-state index contributed by atoms with van der Waals surface area (Å²) in [6.07, 6.45) is 0. The number of hydrogen-bond acceptors (Lipinski definition) is 3. The van der Waals surface area contributed by atoms with Gasteiger partial charge in [0.15, 0.2) is 0 Å². The second-order valence-electron chi connectivity index (χ2n) is 3.99. The lowest BCUT2D eigenvalue weighted by Gasteiger charge is -2.07. The maximum Gasteiger partial charge on any atom is 0.258 e. The van der Waals surface area contributed by atoms with Crippen LogP contribution in [0.3, 0.4) is 0 Å². The van der Waals surface area contributed by atoms with Crippen LogP contribution in [0.4, 0.5) is 11.4 Å². The molecule has 4 nitrogen and oxygen atoms in total. The molecule has 4 heteroatoms. The minimum atomic E-state index is -0.205. The number of rotatable bonds is 0. The number of aromatic amines is 1. The van der Waals surface area contributed by atoms with Gasteiger partial charge < -0.3 is 16.5 Å². The number of anilines is 2. The van der Waals surface area contributed by atoms with Crippen LogP contribution in [0.5, 0.6) is 0 Å². The summed E-state index contributed by atoms with van der Waals surface area (Å²) in [6.45, 7) is 0. The average Bonchev–Trinajstić information content (AvgIpc) is 2.33. The number of nitrogens with two attached hydrogens (primary N) is 2. The summed E-state index contributed by atoms with van der Waals surface area (Å²) < 4.78 is 0. The van der Waals surface area contributed by atoms with Crippen LogP contribution >= 0.6 is 0 Å². The Kier molecular flexibility index (Phi) is 1.86. The second kappa shape index (κ2) is 3.25. The van der Waals surface area contributed by atoms with Crippen LogP contribution in [0.2, 0.25) is 0 Å². The molecule has 0 aliphatic rings. The van der Waals surface area contributed by atoms with Gasteiger partial charge in [-0.1, -0.05) is 24.3 Å². The smallest absolute Gasteiger partial charge is 0.258 e. The summed E-state index contributed by atoms with van der Waals surface area (Å²) in [5, 5.41) is 2.26. The number of para-hydroxylation sites is 1. The number of benzene rings is 2.